The van der Waals surface area contributed by atoms with Crippen LogP contribution in [0.15, 0.2) is 34.2 Å². The smallest absolute Gasteiger partial charge is 0.267 e. The number of hydrogen-bond donors (Lipinski definition) is 1. The molecule has 1 aromatic carbocycles. The number of nitrogens with zero attached hydrogens (tertiary/aromatic N) is 2. The second-order valence-electron chi connectivity index (χ2n) is 7.37. The van der Waals surface area contributed by atoms with Crippen molar-refractivity contribution in [1.82, 2.24) is 14.3 Å². The molecule has 31 heavy (non-hydrogen) atoms. The van der Waals surface area contributed by atoms with Crippen LogP contribution in [0.3, 0.4) is 0 Å². The molecule has 166 valence electrons. The lowest BCUT2D eigenvalue weighted by atomic mass is 10.2. The lowest BCUT2D eigenvalue weighted by molar-refractivity contribution is 0.340. The summed E-state index contributed by atoms with van der Waals surface area (Å²) in [6.07, 6.45) is 4.81. The number of aryl methyl sites for hydroxylation is 2. The molecular formula is C21H25N3O4S3. The quantitative estimate of drug-likeness (QED) is 0.288. The fourth-order valence-electron chi connectivity index (χ4n) is 3.70. The SMILES string of the molecule is CCOc1ccc(-n2c(SCCCNS(C)(=O)=O)nc3sc4c(c3c2=O)CCC4)cc1. The Morgan fingerprint density at radius 3 is 2.74 bits per heavy atom. The maximum Gasteiger partial charge on any atom is 0.267 e. The molecule has 0 spiro atoms. The second-order valence-corrected chi connectivity index (χ2v) is 11.3. The molecule has 0 unspecified atom stereocenters. The molecule has 0 saturated heterocycles. The van der Waals surface area contributed by atoms with E-state index in [0.29, 0.717) is 30.5 Å². The zero-order valence-corrected chi connectivity index (χ0v) is 20.0. The number of aromatic nitrogens is 2. The predicted molar refractivity (Wildman–Crippen MR) is 127 cm³/mol. The minimum Gasteiger partial charge on any atom is -0.494 e. The van der Waals surface area contributed by atoms with Gasteiger partial charge in [-0.2, -0.15) is 0 Å². The summed E-state index contributed by atoms with van der Waals surface area (Å²) in [4.78, 5) is 20.5. The lowest BCUT2D eigenvalue weighted by Gasteiger charge is -2.13. The summed E-state index contributed by atoms with van der Waals surface area (Å²) in [5.74, 6) is 1.40. The molecular weight excluding hydrogens is 454 g/mol. The van der Waals surface area contributed by atoms with E-state index in [1.165, 1.54) is 16.6 Å². The number of benzene rings is 1. The van der Waals surface area contributed by atoms with E-state index in [0.717, 1.165) is 52.7 Å². The standard InChI is InChI=1S/C21H25N3O4S3/c1-3-28-15-10-8-14(9-11-15)24-20(25)18-16-6-4-7-17(16)30-19(18)23-21(24)29-13-5-12-22-31(2,26)27/h8-11,22H,3-7,12-13H2,1-2H3. The van der Waals surface area contributed by atoms with Gasteiger partial charge in [0.1, 0.15) is 10.6 Å². The Hall–Kier alpha value is -1.88. The molecule has 7 nitrogen and oxygen atoms in total. The van der Waals surface area contributed by atoms with E-state index in [4.69, 9.17) is 9.72 Å². The van der Waals surface area contributed by atoms with Gasteiger partial charge in [0.2, 0.25) is 10.0 Å². The Kier molecular flexibility index (Phi) is 6.71. The van der Waals surface area contributed by atoms with Crippen LogP contribution in [0, 0.1) is 0 Å². The van der Waals surface area contributed by atoms with Crippen LogP contribution in [0.1, 0.15) is 30.2 Å². The van der Waals surface area contributed by atoms with Crippen molar-refractivity contribution in [3.63, 3.8) is 0 Å². The number of ether oxygens (including phenoxy) is 1. The zero-order valence-electron chi connectivity index (χ0n) is 17.5. The van der Waals surface area contributed by atoms with Crippen molar-refractivity contribution in [1.29, 1.82) is 0 Å². The molecule has 4 rings (SSSR count). The van der Waals surface area contributed by atoms with Crippen molar-refractivity contribution in [2.45, 2.75) is 37.8 Å². The third-order valence-corrected chi connectivity index (χ3v) is 7.97. The molecule has 2 heterocycles. The molecule has 0 atom stereocenters. The highest BCUT2D eigenvalue weighted by Gasteiger charge is 2.24. The van der Waals surface area contributed by atoms with Crippen LogP contribution in [0.5, 0.6) is 5.75 Å². The van der Waals surface area contributed by atoms with Crippen LogP contribution in [-0.4, -0.2) is 43.1 Å². The van der Waals surface area contributed by atoms with Gasteiger partial charge >= 0.3 is 0 Å². The van der Waals surface area contributed by atoms with Crippen LogP contribution in [0.2, 0.25) is 0 Å². The molecule has 2 aromatic heterocycles. The summed E-state index contributed by atoms with van der Waals surface area (Å²) in [5, 5.41) is 1.37. The van der Waals surface area contributed by atoms with E-state index in [1.54, 1.807) is 15.9 Å². The van der Waals surface area contributed by atoms with Gasteiger partial charge in [-0.1, -0.05) is 11.8 Å². The van der Waals surface area contributed by atoms with Gasteiger partial charge in [-0.05, 0) is 62.4 Å². The Balaban J connectivity index is 1.69. The third kappa shape index (κ3) is 4.97. The van der Waals surface area contributed by atoms with Crippen molar-refractivity contribution in [2.75, 3.05) is 25.2 Å². The van der Waals surface area contributed by atoms with Crippen LogP contribution in [0.25, 0.3) is 15.9 Å². The first-order chi connectivity index (χ1) is 14.9. The highest BCUT2D eigenvalue weighted by atomic mass is 32.2. The van der Waals surface area contributed by atoms with Crippen LogP contribution >= 0.6 is 23.1 Å². The molecule has 1 aliphatic rings. The number of nitrogens with one attached hydrogen (secondary N) is 1. The fourth-order valence-corrected chi connectivity index (χ4v) is 6.47. The number of thioether (sulfide) groups is 1. The van der Waals surface area contributed by atoms with Crippen LogP contribution in [0.4, 0.5) is 0 Å². The Bertz CT molecular complexity index is 1250. The van der Waals surface area contributed by atoms with Crippen molar-refractivity contribution < 1.29 is 13.2 Å². The highest BCUT2D eigenvalue weighted by Crippen LogP contribution is 2.36. The van der Waals surface area contributed by atoms with Gasteiger partial charge in [0.15, 0.2) is 5.16 Å². The normalized spacial score (nSPS) is 13.6. The summed E-state index contributed by atoms with van der Waals surface area (Å²) in [6.45, 7) is 2.87. The summed E-state index contributed by atoms with van der Waals surface area (Å²) in [5.41, 5.74) is 1.87. The first-order valence-electron chi connectivity index (χ1n) is 10.3. The molecule has 0 radical (unpaired) electrons. The molecule has 0 saturated carbocycles. The van der Waals surface area contributed by atoms with Gasteiger partial charge in [-0.3, -0.25) is 9.36 Å². The van der Waals surface area contributed by atoms with Gasteiger partial charge < -0.3 is 4.74 Å². The van der Waals surface area contributed by atoms with Gasteiger partial charge in [-0.25, -0.2) is 18.1 Å². The number of sulfonamides is 1. The van der Waals surface area contributed by atoms with Crippen molar-refractivity contribution in [2.24, 2.45) is 0 Å². The first-order valence-corrected chi connectivity index (χ1v) is 13.9. The van der Waals surface area contributed by atoms with E-state index >= 15 is 0 Å². The second kappa shape index (κ2) is 9.32. The van der Waals surface area contributed by atoms with E-state index in [-0.39, 0.29) is 5.56 Å². The average molecular weight is 480 g/mol. The number of thiophene rings is 1. The Labute approximate surface area is 189 Å². The zero-order chi connectivity index (χ0) is 22.0. The Morgan fingerprint density at radius 2 is 2.03 bits per heavy atom. The van der Waals surface area contributed by atoms with E-state index in [1.807, 2.05) is 31.2 Å². The molecule has 1 N–H and O–H groups in total. The number of hydrogen-bond acceptors (Lipinski definition) is 7. The average Bonchev–Trinajstić information content (AvgIpc) is 3.29. The molecule has 1 aliphatic carbocycles. The maximum absolute atomic E-state index is 13.6. The monoisotopic (exact) mass is 479 g/mol. The van der Waals surface area contributed by atoms with E-state index < -0.39 is 10.0 Å². The van der Waals surface area contributed by atoms with E-state index in [9.17, 15) is 13.2 Å². The lowest BCUT2D eigenvalue weighted by Crippen LogP contribution is -2.24. The molecule has 0 amide bonds. The summed E-state index contributed by atoms with van der Waals surface area (Å²) in [7, 11) is -3.20. The molecule has 10 heteroatoms. The molecule has 0 bridgehead atoms. The summed E-state index contributed by atoms with van der Waals surface area (Å²) >= 11 is 3.09. The number of fused-ring (bicyclic) bond motifs is 3. The largest absolute Gasteiger partial charge is 0.494 e. The minimum absolute atomic E-state index is 0.0367. The molecule has 0 aliphatic heterocycles. The maximum atomic E-state index is 13.6. The van der Waals surface area contributed by atoms with Gasteiger partial charge in [-0.15, -0.1) is 11.3 Å². The minimum atomic E-state index is -3.20. The van der Waals surface area contributed by atoms with Crippen molar-refractivity contribution >= 4 is 43.3 Å². The fraction of sp³-hybridized carbons (Fsp3) is 0.429. The van der Waals surface area contributed by atoms with Crippen LogP contribution < -0.4 is 15.0 Å². The van der Waals surface area contributed by atoms with Gasteiger partial charge in [0.05, 0.1) is 23.9 Å². The summed E-state index contributed by atoms with van der Waals surface area (Å²) < 4.78 is 32.2. The Morgan fingerprint density at radius 1 is 1.26 bits per heavy atom. The van der Waals surface area contributed by atoms with Crippen LogP contribution in [-0.2, 0) is 22.9 Å². The van der Waals surface area contributed by atoms with Crippen molar-refractivity contribution in [3.8, 4) is 11.4 Å². The van der Waals surface area contributed by atoms with Gasteiger partial charge in [0, 0.05) is 17.2 Å². The highest BCUT2D eigenvalue weighted by molar-refractivity contribution is 7.99. The number of rotatable bonds is 9. The van der Waals surface area contributed by atoms with Gasteiger partial charge in [0.25, 0.3) is 5.56 Å². The summed E-state index contributed by atoms with van der Waals surface area (Å²) in [6, 6.07) is 7.47. The predicted octanol–water partition coefficient (Wildman–Crippen LogP) is 3.37. The topological polar surface area (TPSA) is 90.3 Å². The molecule has 0 fully saturated rings. The molecule has 3 aromatic rings. The third-order valence-electron chi connectivity index (χ3n) is 5.03. The first kappa shape index (κ1) is 22.3. The van der Waals surface area contributed by atoms with Crippen molar-refractivity contribution in [3.05, 3.63) is 45.1 Å². The van der Waals surface area contributed by atoms with E-state index in [2.05, 4.69) is 4.72 Å².